The summed E-state index contributed by atoms with van der Waals surface area (Å²) in [7, 11) is 0. The highest BCUT2D eigenvalue weighted by Gasteiger charge is 2.15. The van der Waals surface area contributed by atoms with Crippen LogP contribution < -0.4 is 5.32 Å². The third kappa shape index (κ3) is 4.31. The van der Waals surface area contributed by atoms with Gasteiger partial charge in [-0.2, -0.15) is 0 Å². The first kappa shape index (κ1) is 16.1. The van der Waals surface area contributed by atoms with E-state index < -0.39 is 4.92 Å². The highest BCUT2D eigenvalue weighted by molar-refractivity contribution is 5.94. The molecule has 0 saturated carbocycles. The van der Waals surface area contributed by atoms with E-state index in [1.165, 1.54) is 6.07 Å². The maximum Gasteiger partial charge on any atom is 0.273 e. The van der Waals surface area contributed by atoms with Crippen molar-refractivity contribution in [1.82, 2.24) is 5.32 Å². The van der Waals surface area contributed by atoms with Gasteiger partial charge in [-0.05, 0) is 25.3 Å². The Bertz CT molecular complexity index is 488. The molecule has 0 aromatic heterocycles. The standard InChI is InChI=1S/C14H20N2O4/c1-3-11(6-7-17)9-15-14(18)12-5-4-10(2)13(8-12)16(19)20/h4-5,8,11,17H,3,6-7,9H2,1-2H3,(H,15,18). The van der Waals surface area contributed by atoms with Gasteiger partial charge in [-0.3, -0.25) is 14.9 Å². The highest BCUT2D eigenvalue weighted by atomic mass is 16.6. The number of nitro groups is 1. The minimum atomic E-state index is -0.493. The van der Waals surface area contributed by atoms with Crippen LogP contribution in [-0.2, 0) is 0 Å². The van der Waals surface area contributed by atoms with Crippen LogP contribution >= 0.6 is 0 Å². The molecule has 1 atom stereocenters. The second kappa shape index (κ2) is 7.59. The summed E-state index contributed by atoms with van der Waals surface area (Å²) in [6, 6.07) is 4.43. The third-order valence-electron chi connectivity index (χ3n) is 3.33. The first-order chi connectivity index (χ1) is 9.49. The first-order valence-electron chi connectivity index (χ1n) is 6.63. The summed E-state index contributed by atoms with van der Waals surface area (Å²) >= 11 is 0. The molecule has 1 amide bonds. The van der Waals surface area contributed by atoms with Gasteiger partial charge in [-0.1, -0.05) is 19.4 Å². The van der Waals surface area contributed by atoms with Crippen molar-refractivity contribution < 1.29 is 14.8 Å². The molecule has 1 unspecified atom stereocenters. The van der Waals surface area contributed by atoms with Gasteiger partial charge in [0.15, 0.2) is 0 Å². The summed E-state index contributed by atoms with van der Waals surface area (Å²) in [4.78, 5) is 22.3. The molecule has 1 aromatic rings. The molecule has 0 bridgehead atoms. The van der Waals surface area contributed by atoms with Crippen molar-refractivity contribution in [3.8, 4) is 0 Å². The summed E-state index contributed by atoms with van der Waals surface area (Å²) in [5.41, 5.74) is 0.750. The Morgan fingerprint density at radius 3 is 2.75 bits per heavy atom. The van der Waals surface area contributed by atoms with Crippen LogP contribution in [0.1, 0.15) is 35.7 Å². The molecular formula is C14H20N2O4. The average Bonchev–Trinajstić information content (AvgIpc) is 2.43. The Morgan fingerprint density at radius 1 is 1.50 bits per heavy atom. The van der Waals surface area contributed by atoms with E-state index in [1.54, 1.807) is 19.1 Å². The number of amides is 1. The molecule has 1 aromatic carbocycles. The van der Waals surface area contributed by atoms with E-state index in [4.69, 9.17) is 5.11 Å². The van der Waals surface area contributed by atoms with Gasteiger partial charge in [-0.25, -0.2) is 0 Å². The number of benzene rings is 1. The number of rotatable bonds is 7. The van der Waals surface area contributed by atoms with Crippen molar-refractivity contribution >= 4 is 11.6 Å². The normalized spacial score (nSPS) is 11.9. The fourth-order valence-corrected chi connectivity index (χ4v) is 1.92. The average molecular weight is 280 g/mol. The molecule has 110 valence electrons. The second-order valence-electron chi connectivity index (χ2n) is 4.75. The SMILES string of the molecule is CCC(CCO)CNC(=O)c1ccc(C)c([N+](=O)[O-])c1. The number of carbonyl (C=O) groups is 1. The Labute approximate surface area is 118 Å². The maximum atomic E-state index is 12.0. The topological polar surface area (TPSA) is 92.5 Å². The molecule has 2 N–H and O–H groups in total. The Hall–Kier alpha value is -1.95. The molecule has 6 heteroatoms. The lowest BCUT2D eigenvalue weighted by Crippen LogP contribution is -2.29. The molecule has 0 heterocycles. The zero-order valence-corrected chi connectivity index (χ0v) is 11.8. The Morgan fingerprint density at radius 2 is 2.20 bits per heavy atom. The Balaban J connectivity index is 2.73. The van der Waals surface area contributed by atoms with Crippen molar-refractivity contribution in [2.45, 2.75) is 26.7 Å². The number of aryl methyl sites for hydroxylation is 1. The number of nitrogens with zero attached hydrogens (tertiary/aromatic N) is 1. The van der Waals surface area contributed by atoms with E-state index in [0.29, 0.717) is 18.5 Å². The summed E-state index contributed by atoms with van der Waals surface area (Å²) < 4.78 is 0. The predicted molar refractivity (Wildman–Crippen MR) is 75.7 cm³/mol. The summed E-state index contributed by atoms with van der Waals surface area (Å²) in [5.74, 6) is -0.117. The molecule has 6 nitrogen and oxygen atoms in total. The van der Waals surface area contributed by atoms with Crippen molar-refractivity contribution in [3.63, 3.8) is 0 Å². The van der Waals surface area contributed by atoms with Gasteiger partial charge in [0.2, 0.25) is 0 Å². The third-order valence-corrected chi connectivity index (χ3v) is 3.33. The molecule has 0 aliphatic heterocycles. The van der Waals surface area contributed by atoms with Crippen molar-refractivity contribution in [2.24, 2.45) is 5.92 Å². The lowest BCUT2D eigenvalue weighted by atomic mass is 10.0. The fraction of sp³-hybridized carbons (Fsp3) is 0.500. The van der Waals surface area contributed by atoms with Crippen LogP contribution in [0.5, 0.6) is 0 Å². The molecule has 0 aliphatic rings. The van der Waals surface area contributed by atoms with Gasteiger partial charge in [0, 0.05) is 30.3 Å². The number of hydrogen-bond donors (Lipinski definition) is 2. The number of nitro benzene ring substituents is 1. The molecule has 0 fully saturated rings. The van der Waals surface area contributed by atoms with Crippen LogP contribution in [0.15, 0.2) is 18.2 Å². The number of nitrogens with one attached hydrogen (secondary N) is 1. The van der Waals surface area contributed by atoms with E-state index in [1.807, 2.05) is 6.92 Å². The largest absolute Gasteiger partial charge is 0.396 e. The van der Waals surface area contributed by atoms with Gasteiger partial charge in [0.1, 0.15) is 0 Å². The molecule has 20 heavy (non-hydrogen) atoms. The number of hydrogen-bond acceptors (Lipinski definition) is 4. The smallest absolute Gasteiger partial charge is 0.273 e. The lowest BCUT2D eigenvalue weighted by molar-refractivity contribution is -0.385. The zero-order valence-electron chi connectivity index (χ0n) is 11.8. The van der Waals surface area contributed by atoms with E-state index >= 15 is 0 Å². The molecule has 1 rings (SSSR count). The summed E-state index contributed by atoms with van der Waals surface area (Å²) in [6.45, 7) is 4.17. The van der Waals surface area contributed by atoms with Crippen LogP contribution in [0, 0.1) is 23.0 Å². The summed E-state index contributed by atoms with van der Waals surface area (Å²) in [6.07, 6.45) is 1.49. The molecule has 0 saturated heterocycles. The molecule has 0 aliphatic carbocycles. The first-order valence-corrected chi connectivity index (χ1v) is 6.63. The minimum absolute atomic E-state index is 0.0555. The molecule has 0 radical (unpaired) electrons. The molecule has 0 spiro atoms. The Kier molecular flexibility index (Phi) is 6.11. The maximum absolute atomic E-state index is 12.0. The predicted octanol–water partition coefficient (Wildman–Crippen LogP) is 2.04. The van der Waals surface area contributed by atoms with Crippen LogP contribution in [0.25, 0.3) is 0 Å². The van der Waals surface area contributed by atoms with Crippen molar-refractivity contribution in [3.05, 3.63) is 39.4 Å². The lowest BCUT2D eigenvalue weighted by Gasteiger charge is -2.14. The van der Waals surface area contributed by atoms with Crippen molar-refractivity contribution in [2.75, 3.05) is 13.2 Å². The van der Waals surface area contributed by atoms with Crippen LogP contribution in [0.2, 0.25) is 0 Å². The number of aliphatic hydroxyl groups excluding tert-OH is 1. The summed E-state index contributed by atoms with van der Waals surface area (Å²) in [5, 5.41) is 22.5. The zero-order chi connectivity index (χ0) is 15.1. The number of aliphatic hydroxyl groups is 1. The van der Waals surface area contributed by atoms with Gasteiger partial charge in [0.05, 0.1) is 4.92 Å². The second-order valence-corrected chi connectivity index (χ2v) is 4.75. The highest BCUT2D eigenvalue weighted by Crippen LogP contribution is 2.19. The minimum Gasteiger partial charge on any atom is -0.396 e. The van der Waals surface area contributed by atoms with Gasteiger partial charge in [0.25, 0.3) is 11.6 Å². The van der Waals surface area contributed by atoms with Crippen LogP contribution in [0.4, 0.5) is 5.69 Å². The van der Waals surface area contributed by atoms with E-state index in [0.717, 1.165) is 6.42 Å². The monoisotopic (exact) mass is 280 g/mol. The van der Waals surface area contributed by atoms with Crippen LogP contribution in [0.3, 0.4) is 0 Å². The van der Waals surface area contributed by atoms with Crippen molar-refractivity contribution in [1.29, 1.82) is 0 Å². The van der Waals surface area contributed by atoms with E-state index in [9.17, 15) is 14.9 Å². The van der Waals surface area contributed by atoms with Crippen LogP contribution in [-0.4, -0.2) is 29.1 Å². The fourth-order valence-electron chi connectivity index (χ4n) is 1.92. The molecular weight excluding hydrogens is 260 g/mol. The number of carbonyl (C=O) groups excluding carboxylic acids is 1. The quantitative estimate of drug-likeness (QED) is 0.590. The van der Waals surface area contributed by atoms with Gasteiger partial charge in [-0.15, -0.1) is 0 Å². The van der Waals surface area contributed by atoms with E-state index in [-0.39, 0.29) is 29.7 Å². The van der Waals surface area contributed by atoms with E-state index in [2.05, 4.69) is 5.32 Å². The van der Waals surface area contributed by atoms with Gasteiger partial charge >= 0.3 is 0 Å². The van der Waals surface area contributed by atoms with Gasteiger partial charge < -0.3 is 10.4 Å².